The summed E-state index contributed by atoms with van der Waals surface area (Å²) in [6, 6.07) is 14.1. The van der Waals surface area contributed by atoms with E-state index in [4.69, 9.17) is 17.2 Å². The average Bonchev–Trinajstić information content (AvgIpc) is 3.16. The van der Waals surface area contributed by atoms with E-state index in [1.807, 2.05) is 93.3 Å². The predicted molar refractivity (Wildman–Crippen MR) is 219 cm³/mol. The molecule has 2 saturated heterocycles. The van der Waals surface area contributed by atoms with E-state index in [2.05, 4.69) is 21.3 Å². The maximum Gasteiger partial charge on any atom is 0.243 e. The zero-order valence-corrected chi connectivity index (χ0v) is 33.8. The maximum atomic E-state index is 14.3. The van der Waals surface area contributed by atoms with Gasteiger partial charge >= 0.3 is 0 Å². The predicted octanol–water partition coefficient (Wildman–Crippen LogP) is 1.95. The molecule has 0 bridgehead atoms. The van der Waals surface area contributed by atoms with Gasteiger partial charge in [-0.2, -0.15) is 0 Å². The molecule has 10 N–H and O–H groups in total. The number of piperidine rings is 1. The third kappa shape index (κ3) is 12.7. The third-order valence-corrected chi connectivity index (χ3v) is 11.2. The maximum absolute atomic E-state index is 14.3. The monoisotopic (exact) mass is 775 g/mol. The van der Waals surface area contributed by atoms with Crippen molar-refractivity contribution in [3.05, 3.63) is 71.8 Å². The van der Waals surface area contributed by atoms with Crippen molar-refractivity contribution in [2.75, 3.05) is 26.2 Å². The smallest absolute Gasteiger partial charge is 0.243 e. The Labute approximate surface area is 333 Å². The summed E-state index contributed by atoms with van der Waals surface area (Å²) >= 11 is 0. The second kappa shape index (κ2) is 21.4. The minimum atomic E-state index is -1.01. The molecule has 6 atom stereocenters. The van der Waals surface area contributed by atoms with Gasteiger partial charge in [0, 0.05) is 31.5 Å². The van der Waals surface area contributed by atoms with Crippen LogP contribution in [0.3, 0.4) is 0 Å². The largest absolute Gasteiger partial charge is 0.344 e. The number of unbranched alkanes of at least 4 members (excludes halogenated alkanes) is 1. The molecule has 2 aromatic rings. The number of nitrogens with one attached hydrogen (secondary N) is 4. The SMILES string of the molecule is CC(C)C[C@@H](N)C(=O)N1CCC2(CC1)CNC2C(=O)[C@@H](CCCCN)NC(=O)[C@@H](CC(C)C)NC(=O)[C@@H](Cc1ccccc1)NC(=O)[C@H](N)Cc1ccccc1. The van der Waals surface area contributed by atoms with E-state index in [1.54, 1.807) is 0 Å². The van der Waals surface area contributed by atoms with Gasteiger partial charge in [0.2, 0.25) is 23.6 Å². The van der Waals surface area contributed by atoms with Gasteiger partial charge in [-0.1, -0.05) is 88.4 Å². The number of hydrogen-bond acceptors (Lipinski definition) is 9. The molecule has 2 aliphatic rings. The Morgan fingerprint density at radius 1 is 0.714 bits per heavy atom. The van der Waals surface area contributed by atoms with Gasteiger partial charge < -0.3 is 43.4 Å². The van der Waals surface area contributed by atoms with E-state index < -0.39 is 54.0 Å². The molecule has 13 heteroatoms. The fourth-order valence-corrected chi connectivity index (χ4v) is 7.90. The molecule has 0 saturated carbocycles. The van der Waals surface area contributed by atoms with E-state index in [9.17, 15) is 24.0 Å². The Bertz CT molecular complexity index is 1580. The number of Topliss-reactive ketones (excluding diaryl/α,β-unsaturated/α-hetero) is 1. The molecule has 2 fully saturated rings. The van der Waals surface area contributed by atoms with Crippen molar-refractivity contribution < 1.29 is 24.0 Å². The van der Waals surface area contributed by atoms with Crippen molar-refractivity contribution in [2.24, 2.45) is 34.5 Å². The first-order valence-corrected chi connectivity index (χ1v) is 20.5. The van der Waals surface area contributed by atoms with Crippen molar-refractivity contribution in [1.82, 2.24) is 26.2 Å². The molecule has 2 aromatic carbocycles. The Balaban J connectivity index is 1.46. The van der Waals surface area contributed by atoms with E-state index in [1.165, 1.54) is 0 Å². The lowest BCUT2D eigenvalue weighted by molar-refractivity contribution is -0.141. The third-order valence-electron chi connectivity index (χ3n) is 11.2. The van der Waals surface area contributed by atoms with Crippen molar-refractivity contribution in [2.45, 2.75) is 122 Å². The van der Waals surface area contributed by atoms with Gasteiger partial charge in [0.15, 0.2) is 5.78 Å². The second-order valence-electron chi connectivity index (χ2n) is 16.7. The van der Waals surface area contributed by atoms with Crippen LogP contribution in [-0.2, 0) is 36.8 Å². The van der Waals surface area contributed by atoms with Crippen LogP contribution in [0, 0.1) is 17.3 Å². The molecule has 0 aromatic heterocycles. The van der Waals surface area contributed by atoms with Crippen LogP contribution >= 0.6 is 0 Å². The molecule has 4 amide bonds. The normalized spacial score (nSPS) is 19.0. The molecule has 2 aliphatic heterocycles. The summed E-state index contributed by atoms with van der Waals surface area (Å²) < 4.78 is 0. The highest BCUT2D eigenvalue weighted by atomic mass is 16.2. The molecular formula is C43H66N8O5. The second-order valence-corrected chi connectivity index (χ2v) is 16.7. The van der Waals surface area contributed by atoms with Crippen molar-refractivity contribution in [3.63, 3.8) is 0 Å². The van der Waals surface area contributed by atoms with Crippen LogP contribution in [-0.4, -0.2) is 96.7 Å². The molecule has 308 valence electrons. The molecule has 0 radical (unpaired) electrons. The first-order valence-electron chi connectivity index (χ1n) is 20.5. The summed E-state index contributed by atoms with van der Waals surface area (Å²) in [5, 5.41) is 12.1. The molecule has 0 aliphatic carbocycles. The molecule has 4 rings (SSSR count). The number of ketones is 1. The highest BCUT2D eigenvalue weighted by Crippen LogP contribution is 2.41. The van der Waals surface area contributed by atoms with Gasteiger partial charge in [-0.3, -0.25) is 24.0 Å². The number of benzene rings is 2. The van der Waals surface area contributed by atoms with E-state index >= 15 is 0 Å². The zero-order valence-electron chi connectivity index (χ0n) is 33.8. The fourth-order valence-electron chi connectivity index (χ4n) is 7.90. The van der Waals surface area contributed by atoms with E-state index in [0.29, 0.717) is 83.5 Å². The first kappa shape index (κ1) is 44.5. The van der Waals surface area contributed by atoms with E-state index in [-0.39, 0.29) is 29.4 Å². The number of amides is 4. The van der Waals surface area contributed by atoms with Crippen LogP contribution in [0.2, 0.25) is 0 Å². The van der Waals surface area contributed by atoms with Crippen LogP contribution in [0.25, 0.3) is 0 Å². The number of carbonyl (C=O) groups excluding carboxylic acids is 5. The summed E-state index contributed by atoms with van der Waals surface area (Å²) in [7, 11) is 0. The number of carbonyl (C=O) groups is 5. The Morgan fingerprint density at radius 2 is 1.25 bits per heavy atom. The lowest BCUT2D eigenvalue weighted by Gasteiger charge is -2.54. The summed E-state index contributed by atoms with van der Waals surface area (Å²) in [5.41, 5.74) is 19.7. The highest BCUT2D eigenvalue weighted by Gasteiger charge is 2.53. The number of nitrogens with two attached hydrogens (primary N) is 3. The zero-order chi connectivity index (χ0) is 40.8. The fraction of sp³-hybridized carbons (Fsp3) is 0.605. The van der Waals surface area contributed by atoms with Crippen LogP contribution in [0.15, 0.2) is 60.7 Å². The van der Waals surface area contributed by atoms with Crippen molar-refractivity contribution in [1.29, 1.82) is 0 Å². The van der Waals surface area contributed by atoms with Crippen molar-refractivity contribution in [3.8, 4) is 0 Å². The number of likely N-dealkylation sites (tertiary alicyclic amines) is 1. The summed E-state index contributed by atoms with van der Waals surface area (Å²) in [5.74, 6) is -1.27. The summed E-state index contributed by atoms with van der Waals surface area (Å²) in [6.45, 7) is 10.2. The number of rotatable bonds is 21. The van der Waals surface area contributed by atoms with Gasteiger partial charge in [0.05, 0.1) is 24.2 Å². The number of hydrogen-bond donors (Lipinski definition) is 7. The average molecular weight is 775 g/mol. The molecular weight excluding hydrogens is 709 g/mol. The van der Waals surface area contributed by atoms with Crippen LogP contribution < -0.4 is 38.5 Å². The summed E-state index contributed by atoms with van der Waals surface area (Å²) in [6.07, 6.45) is 4.48. The Hall–Kier alpha value is -4.17. The number of nitrogens with zero attached hydrogens (tertiary/aromatic N) is 1. The Morgan fingerprint density at radius 3 is 1.79 bits per heavy atom. The highest BCUT2D eigenvalue weighted by molar-refractivity contribution is 5.97. The Kier molecular flexibility index (Phi) is 17.0. The van der Waals surface area contributed by atoms with Gasteiger partial charge in [-0.15, -0.1) is 0 Å². The minimum absolute atomic E-state index is 0.0250. The standard InChI is InChI=1S/C43H66N8O5/c1-28(2)23-33(46)42(56)51-21-18-43(19-22-51)27-47-38(43)37(52)34(17-11-12-20-44)48-40(54)35(24-29(3)4)50-41(55)36(26-31-15-9-6-10-16-31)49-39(53)32(45)25-30-13-7-5-8-14-30/h5-10,13-16,28-29,32-36,38,47H,11-12,17-27,44-46H2,1-4H3,(H,48,54)(H,49,53)(H,50,55)/t32-,33-,34-,35-,36-,38?/m1/s1. The van der Waals surface area contributed by atoms with Crippen LogP contribution in [0.5, 0.6) is 0 Å². The molecule has 1 spiro atoms. The van der Waals surface area contributed by atoms with Gasteiger partial charge in [-0.05, 0) is 80.9 Å². The van der Waals surface area contributed by atoms with Crippen molar-refractivity contribution >= 4 is 29.4 Å². The topological polar surface area (TPSA) is 215 Å². The molecule has 56 heavy (non-hydrogen) atoms. The van der Waals surface area contributed by atoms with Gasteiger partial charge in [0.25, 0.3) is 0 Å². The molecule has 2 heterocycles. The quantitative estimate of drug-likeness (QED) is 0.0923. The van der Waals surface area contributed by atoms with Gasteiger partial charge in [0.1, 0.15) is 12.1 Å². The van der Waals surface area contributed by atoms with Crippen LogP contribution in [0.4, 0.5) is 0 Å². The lowest BCUT2D eigenvalue weighted by Crippen LogP contribution is -2.71. The molecule has 13 nitrogen and oxygen atoms in total. The van der Waals surface area contributed by atoms with E-state index in [0.717, 1.165) is 11.1 Å². The minimum Gasteiger partial charge on any atom is -0.344 e. The first-order chi connectivity index (χ1) is 26.7. The summed E-state index contributed by atoms with van der Waals surface area (Å²) in [4.78, 5) is 70.7. The van der Waals surface area contributed by atoms with Gasteiger partial charge in [-0.25, -0.2) is 0 Å². The lowest BCUT2D eigenvalue weighted by atomic mass is 9.64. The van der Waals surface area contributed by atoms with Crippen LogP contribution in [0.1, 0.15) is 83.8 Å². The molecule has 1 unspecified atom stereocenters.